The van der Waals surface area contributed by atoms with E-state index in [4.69, 9.17) is 9.47 Å². The van der Waals surface area contributed by atoms with Crippen molar-refractivity contribution in [1.29, 1.82) is 0 Å². The lowest BCUT2D eigenvalue weighted by atomic mass is 10.2. The molecule has 0 saturated heterocycles. The summed E-state index contributed by atoms with van der Waals surface area (Å²) >= 11 is 1.64. The Bertz CT molecular complexity index is 536. The number of aromatic nitrogens is 3. The Balaban J connectivity index is 2.26. The summed E-state index contributed by atoms with van der Waals surface area (Å²) in [7, 11) is 2.95. The first kappa shape index (κ1) is 13.7. The number of esters is 1. The number of carbonyl (C=O) groups excluding carboxylic acids is 1. The van der Waals surface area contributed by atoms with E-state index in [0.29, 0.717) is 19.6 Å². The van der Waals surface area contributed by atoms with Crippen LogP contribution in [0.25, 0.3) is 0 Å². The molecule has 0 aliphatic carbocycles. The zero-order valence-electron chi connectivity index (χ0n) is 10.8. The number of methoxy groups -OCH3 is 2. The molecular weight excluding hydrogens is 266 g/mol. The van der Waals surface area contributed by atoms with Gasteiger partial charge in [-0.1, -0.05) is 11.3 Å². The maximum Gasteiger partial charge on any atom is 0.360 e. The second-order valence-corrected chi connectivity index (χ2v) is 4.89. The summed E-state index contributed by atoms with van der Waals surface area (Å²) in [5, 5.41) is 9.94. The van der Waals surface area contributed by atoms with Crippen molar-refractivity contribution in [3.8, 4) is 0 Å². The molecule has 7 heteroatoms. The van der Waals surface area contributed by atoms with E-state index in [1.165, 1.54) is 7.11 Å². The number of ether oxygens (including phenoxy) is 2. The third kappa shape index (κ3) is 3.18. The monoisotopic (exact) mass is 281 g/mol. The lowest BCUT2D eigenvalue weighted by Gasteiger charge is -2.06. The Hall–Kier alpha value is -1.73. The van der Waals surface area contributed by atoms with Crippen LogP contribution in [-0.4, -0.2) is 41.8 Å². The van der Waals surface area contributed by atoms with E-state index >= 15 is 0 Å². The molecule has 0 atom stereocenters. The largest absolute Gasteiger partial charge is 0.464 e. The van der Waals surface area contributed by atoms with Crippen LogP contribution in [-0.2, 0) is 22.4 Å². The summed E-state index contributed by atoms with van der Waals surface area (Å²) in [5.74, 6) is -0.469. The molecule has 102 valence electrons. The summed E-state index contributed by atoms with van der Waals surface area (Å²) in [5.41, 5.74) is 0.998. The van der Waals surface area contributed by atoms with Crippen LogP contribution in [0.1, 0.15) is 21.1 Å². The van der Waals surface area contributed by atoms with Gasteiger partial charge in [0.05, 0.1) is 26.0 Å². The van der Waals surface area contributed by atoms with Crippen molar-refractivity contribution in [1.82, 2.24) is 15.0 Å². The summed E-state index contributed by atoms with van der Waals surface area (Å²) in [6.07, 6.45) is 0.569. The van der Waals surface area contributed by atoms with Gasteiger partial charge < -0.3 is 9.47 Å². The quantitative estimate of drug-likeness (QED) is 0.748. The van der Waals surface area contributed by atoms with E-state index in [9.17, 15) is 4.79 Å². The highest BCUT2D eigenvalue weighted by Gasteiger charge is 2.20. The second-order valence-electron chi connectivity index (χ2n) is 3.86. The molecular formula is C12H15N3O3S. The highest BCUT2D eigenvalue weighted by Crippen LogP contribution is 2.14. The van der Waals surface area contributed by atoms with Crippen LogP contribution in [0.4, 0.5) is 0 Å². The first-order valence-electron chi connectivity index (χ1n) is 5.78. The Morgan fingerprint density at radius 3 is 2.95 bits per heavy atom. The average molecular weight is 281 g/mol. The summed E-state index contributed by atoms with van der Waals surface area (Å²) in [4.78, 5) is 12.8. The number of hydrogen-bond acceptors (Lipinski definition) is 6. The van der Waals surface area contributed by atoms with Crippen LogP contribution in [0.2, 0.25) is 0 Å². The smallest absolute Gasteiger partial charge is 0.360 e. The third-order valence-corrected chi connectivity index (χ3v) is 3.51. The van der Waals surface area contributed by atoms with Crippen LogP contribution >= 0.6 is 11.3 Å². The highest BCUT2D eigenvalue weighted by molar-refractivity contribution is 7.09. The standard InChI is InChI=1S/C12H15N3O3S/c1-17-6-5-10-11(12(16)18-2)13-14-15(10)8-9-4-3-7-19-9/h3-4,7H,5-6,8H2,1-2H3. The zero-order valence-corrected chi connectivity index (χ0v) is 11.6. The zero-order chi connectivity index (χ0) is 13.7. The van der Waals surface area contributed by atoms with Crippen molar-refractivity contribution >= 4 is 17.3 Å². The first-order chi connectivity index (χ1) is 9.26. The summed E-state index contributed by atoms with van der Waals surface area (Å²) < 4.78 is 11.5. The SMILES string of the molecule is COCCc1c(C(=O)OC)nnn1Cc1cccs1. The fourth-order valence-electron chi connectivity index (χ4n) is 1.71. The number of hydrogen-bond donors (Lipinski definition) is 0. The number of rotatable bonds is 6. The van der Waals surface area contributed by atoms with Gasteiger partial charge in [0, 0.05) is 18.4 Å². The van der Waals surface area contributed by atoms with Crippen molar-refractivity contribution in [2.45, 2.75) is 13.0 Å². The highest BCUT2D eigenvalue weighted by atomic mass is 32.1. The van der Waals surface area contributed by atoms with Crippen LogP contribution in [0.3, 0.4) is 0 Å². The maximum absolute atomic E-state index is 11.6. The predicted octanol–water partition coefficient (Wildman–Crippen LogP) is 1.36. The lowest BCUT2D eigenvalue weighted by molar-refractivity contribution is 0.0592. The van der Waals surface area contributed by atoms with E-state index in [-0.39, 0.29) is 5.69 Å². The molecule has 0 aliphatic rings. The molecule has 0 fully saturated rings. The Morgan fingerprint density at radius 1 is 1.47 bits per heavy atom. The van der Waals surface area contributed by atoms with Gasteiger partial charge in [0.15, 0.2) is 5.69 Å². The second kappa shape index (κ2) is 6.44. The average Bonchev–Trinajstić information content (AvgIpc) is 3.06. The van der Waals surface area contributed by atoms with Gasteiger partial charge in [0.1, 0.15) is 0 Å². The van der Waals surface area contributed by atoms with E-state index < -0.39 is 5.97 Å². The Kier molecular flexibility index (Phi) is 4.64. The van der Waals surface area contributed by atoms with Gasteiger partial charge in [-0.3, -0.25) is 0 Å². The molecule has 2 aromatic rings. The van der Waals surface area contributed by atoms with Crippen LogP contribution < -0.4 is 0 Å². The van der Waals surface area contributed by atoms with Crippen LogP contribution in [0.5, 0.6) is 0 Å². The van der Waals surface area contributed by atoms with Gasteiger partial charge in [-0.2, -0.15) is 0 Å². The van der Waals surface area contributed by atoms with Crippen LogP contribution in [0, 0.1) is 0 Å². The van der Waals surface area contributed by atoms with Crippen LogP contribution in [0.15, 0.2) is 17.5 Å². The van der Waals surface area contributed by atoms with Gasteiger partial charge in [0.2, 0.25) is 0 Å². The van der Waals surface area contributed by atoms with Gasteiger partial charge in [-0.15, -0.1) is 16.4 Å². The van der Waals surface area contributed by atoms with Gasteiger partial charge >= 0.3 is 5.97 Å². The predicted molar refractivity (Wildman–Crippen MR) is 70.4 cm³/mol. The number of carbonyl (C=O) groups is 1. The van der Waals surface area contributed by atoms with Gasteiger partial charge in [0.25, 0.3) is 0 Å². The molecule has 19 heavy (non-hydrogen) atoms. The lowest BCUT2D eigenvalue weighted by Crippen LogP contribution is -2.12. The topological polar surface area (TPSA) is 66.2 Å². The molecule has 0 radical (unpaired) electrons. The normalized spacial score (nSPS) is 10.6. The van der Waals surface area contributed by atoms with E-state index in [1.807, 2.05) is 17.5 Å². The third-order valence-electron chi connectivity index (χ3n) is 2.65. The fraction of sp³-hybridized carbons (Fsp3) is 0.417. The molecule has 0 aromatic carbocycles. The van der Waals surface area contributed by atoms with Gasteiger partial charge in [-0.05, 0) is 11.4 Å². The number of thiophene rings is 1. The molecule has 0 saturated carbocycles. The van der Waals surface area contributed by atoms with Crippen molar-refractivity contribution in [2.75, 3.05) is 20.8 Å². The molecule has 0 spiro atoms. The Morgan fingerprint density at radius 2 is 2.32 bits per heavy atom. The maximum atomic E-state index is 11.6. The molecule has 6 nitrogen and oxygen atoms in total. The van der Waals surface area contributed by atoms with Crippen molar-refractivity contribution in [3.05, 3.63) is 33.8 Å². The molecule has 0 amide bonds. The first-order valence-corrected chi connectivity index (χ1v) is 6.66. The number of nitrogens with zero attached hydrogens (tertiary/aromatic N) is 3. The van der Waals surface area contributed by atoms with E-state index in [0.717, 1.165) is 10.6 Å². The molecule has 0 N–H and O–H groups in total. The molecule has 0 bridgehead atoms. The molecule has 2 aromatic heterocycles. The minimum absolute atomic E-state index is 0.260. The molecule has 2 heterocycles. The summed E-state index contributed by atoms with van der Waals surface area (Å²) in [6, 6.07) is 4.00. The van der Waals surface area contributed by atoms with E-state index in [2.05, 4.69) is 10.3 Å². The molecule has 0 aliphatic heterocycles. The van der Waals surface area contributed by atoms with Crippen molar-refractivity contribution in [2.24, 2.45) is 0 Å². The van der Waals surface area contributed by atoms with Crippen molar-refractivity contribution in [3.63, 3.8) is 0 Å². The minimum atomic E-state index is -0.469. The minimum Gasteiger partial charge on any atom is -0.464 e. The molecule has 0 unspecified atom stereocenters. The van der Waals surface area contributed by atoms with Gasteiger partial charge in [-0.25, -0.2) is 9.48 Å². The van der Waals surface area contributed by atoms with Crippen molar-refractivity contribution < 1.29 is 14.3 Å². The molecule has 2 rings (SSSR count). The fourth-order valence-corrected chi connectivity index (χ4v) is 2.40. The summed E-state index contributed by atoms with van der Waals surface area (Å²) in [6.45, 7) is 1.10. The Labute approximate surface area is 115 Å². The van der Waals surface area contributed by atoms with E-state index in [1.54, 1.807) is 23.1 Å².